The van der Waals surface area contributed by atoms with E-state index in [1.807, 2.05) is 13.0 Å². The molecule has 2 rings (SSSR count). The molecule has 0 aromatic heterocycles. The van der Waals surface area contributed by atoms with Crippen LogP contribution in [0.2, 0.25) is 0 Å². The van der Waals surface area contributed by atoms with E-state index >= 15 is 0 Å². The summed E-state index contributed by atoms with van der Waals surface area (Å²) < 4.78 is 60.1. The van der Waals surface area contributed by atoms with Crippen LogP contribution < -0.4 is 0 Å². The molecule has 0 aliphatic heterocycles. The van der Waals surface area contributed by atoms with Crippen molar-refractivity contribution in [1.82, 2.24) is 0 Å². The van der Waals surface area contributed by atoms with Gasteiger partial charge in [0.2, 0.25) is 0 Å². The zero-order valence-electron chi connectivity index (χ0n) is 13.2. The van der Waals surface area contributed by atoms with Crippen LogP contribution in [-0.2, 0) is 14.9 Å². The van der Waals surface area contributed by atoms with Gasteiger partial charge in [-0.3, -0.25) is 4.55 Å². The number of fused-ring (bicyclic) bond motifs is 2. The molecular weight excluding hydrogens is 330 g/mol. The Labute approximate surface area is 135 Å². The van der Waals surface area contributed by atoms with Gasteiger partial charge in [0.1, 0.15) is 6.61 Å². The van der Waals surface area contributed by atoms with Gasteiger partial charge in [-0.2, -0.15) is 17.2 Å². The molecule has 0 aromatic rings. The van der Waals surface area contributed by atoms with Crippen LogP contribution in [0.4, 0.5) is 8.78 Å². The lowest BCUT2D eigenvalue weighted by molar-refractivity contribution is -0.0354. The van der Waals surface area contributed by atoms with Crippen LogP contribution in [0.1, 0.15) is 45.4 Å². The van der Waals surface area contributed by atoms with Crippen LogP contribution in [0.3, 0.4) is 0 Å². The molecule has 0 spiro atoms. The van der Waals surface area contributed by atoms with E-state index in [0.29, 0.717) is 12.8 Å². The first-order valence-corrected chi connectivity index (χ1v) is 9.40. The maximum Gasteiger partial charge on any atom is 0.392 e. The Hall–Kier alpha value is -0.570. The molecule has 0 radical (unpaired) electrons. The molecule has 5 nitrogen and oxygen atoms in total. The van der Waals surface area contributed by atoms with Gasteiger partial charge in [0.25, 0.3) is 0 Å². The third-order valence-electron chi connectivity index (χ3n) is 5.07. The lowest BCUT2D eigenvalue weighted by atomic mass is 9.63. The molecule has 2 N–H and O–H groups in total. The van der Waals surface area contributed by atoms with Crippen LogP contribution in [0.15, 0.2) is 11.6 Å². The van der Waals surface area contributed by atoms with Crippen molar-refractivity contribution in [3.8, 4) is 0 Å². The van der Waals surface area contributed by atoms with Crippen LogP contribution in [0.5, 0.6) is 0 Å². The van der Waals surface area contributed by atoms with Gasteiger partial charge in [0.15, 0.2) is 0 Å². The Morgan fingerprint density at radius 2 is 2.17 bits per heavy atom. The molecule has 0 amide bonds. The summed E-state index contributed by atoms with van der Waals surface area (Å²) in [6.07, 6.45) is 6.85. The second-order valence-electron chi connectivity index (χ2n) is 6.51. The van der Waals surface area contributed by atoms with E-state index < -0.39 is 27.6 Å². The summed E-state index contributed by atoms with van der Waals surface area (Å²) in [5.41, 5.74) is 0.309. The summed E-state index contributed by atoms with van der Waals surface area (Å²) in [7, 11) is -5.44. The topological polar surface area (TPSA) is 83.8 Å². The standard InChI is InChI=1S/C15H24F2O5S/c1-2-14(18)12-4-3-5-13(14)9-11(8-12)6-7-22-10-15(16,17)23(19,20)21/h8,11,13,18H,2-7,9-10H2,1H3,(H,19,20,21). The normalized spacial score (nSPS) is 31.8. The molecule has 2 aliphatic carbocycles. The summed E-state index contributed by atoms with van der Waals surface area (Å²) in [6, 6.07) is 0. The van der Waals surface area contributed by atoms with E-state index in [1.165, 1.54) is 0 Å². The quantitative estimate of drug-likeness (QED) is 0.417. The summed E-state index contributed by atoms with van der Waals surface area (Å²) in [5, 5.41) is 6.47. The molecule has 2 bridgehead atoms. The molecule has 0 saturated heterocycles. The Bertz CT molecular complexity index is 560. The van der Waals surface area contributed by atoms with Crippen LogP contribution in [0.25, 0.3) is 0 Å². The van der Waals surface area contributed by atoms with E-state index in [2.05, 4.69) is 0 Å². The van der Waals surface area contributed by atoms with E-state index in [4.69, 9.17) is 9.29 Å². The summed E-state index contributed by atoms with van der Waals surface area (Å²) in [5.74, 6) is 0.326. The summed E-state index contributed by atoms with van der Waals surface area (Å²) >= 11 is 0. The van der Waals surface area contributed by atoms with Gasteiger partial charge < -0.3 is 9.84 Å². The highest BCUT2D eigenvalue weighted by Crippen LogP contribution is 2.48. The SMILES string of the molecule is CCC1(O)C2=CC(CCOCC(F)(F)S(=O)(=O)O)CC1CCC2. The Kier molecular flexibility index (Phi) is 5.50. The zero-order chi connectivity index (χ0) is 17.3. The fraction of sp³-hybridized carbons (Fsp3) is 0.867. The molecule has 23 heavy (non-hydrogen) atoms. The highest BCUT2D eigenvalue weighted by Gasteiger charge is 2.45. The molecule has 2 aliphatic rings. The number of allylic oxidation sites excluding steroid dienone is 1. The first kappa shape index (κ1) is 18.8. The lowest BCUT2D eigenvalue weighted by Crippen LogP contribution is -2.45. The zero-order valence-corrected chi connectivity index (χ0v) is 14.0. The van der Waals surface area contributed by atoms with Crippen molar-refractivity contribution in [3.63, 3.8) is 0 Å². The number of halogens is 2. The van der Waals surface area contributed by atoms with E-state index in [1.54, 1.807) is 0 Å². The van der Waals surface area contributed by atoms with E-state index in [-0.39, 0.29) is 18.4 Å². The first-order valence-electron chi connectivity index (χ1n) is 7.96. The molecular formula is C15H24F2O5S. The van der Waals surface area contributed by atoms with Crippen molar-refractivity contribution >= 4 is 10.1 Å². The minimum Gasteiger partial charge on any atom is -0.385 e. The highest BCUT2D eigenvalue weighted by atomic mass is 32.2. The van der Waals surface area contributed by atoms with Gasteiger partial charge in [0, 0.05) is 6.61 Å². The van der Waals surface area contributed by atoms with Crippen molar-refractivity contribution in [1.29, 1.82) is 0 Å². The van der Waals surface area contributed by atoms with E-state index in [0.717, 1.165) is 31.3 Å². The van der Waals surface area contributed by atoms with Crippen LogP contribution >= 0.6 is 0 Å². The van der Waals surface area contributed by atoms with Crippen LogP contribution in [0, 0.1) is 11.8 Å². The monoisotopic (exact) mass is 354 g/mol. The van der Waals surface area contributed by atoms with Gasteiger partial charge >= 0.3 is 15.4 Å². The number of hydrogen-bond acceptors (Lipinski definition) is 4. The largest absolute Gasteiger partial charge is 0.392 e. The Morgan fingerprint density at radius 3 is 2.74 bits per heavy atom. The van der Waals surface area contributed by atoms with Gasteiger partial charge in [-0.15, -0.1) is 0 Å². The average molecular weight is 354 g/mol. The molecule has 3 atom stereocenters. The number of aliphatic hydroxyl groups is 1. The van der Waals surface area contributed by atoms with Crippen molar-refractivity contribution in [2.75, 3.05) is 13.2 Å². The molecule has 1 saturated carbocycles. The number of alkyl halides is 2. The number of hydrogen-bond donors (Lipinski definition) is 2. The second kappa shape index (κ2) is 6.74. The minimum atomic E-state index is -5.44. The van der Waals surface area contributed by atoms with Crippen molar-refractivity contribution in [2.24, 2.45) is 11.8 Å². The second-order valence-corrected chi connectivity index (χ2v) is 8.06. The molecule has 1 fully saturated rings. The van der Waals surface area contributed by atoms with E-state index in [9.17, 15) is 22.3 Å². The third-order valence-corrected chi connectivity index (χ3v) is 5.95. The number of ether oxygens (including phenoxy) is 1. The Morgan fingerprint density at radius 1 is 1.48 bits per heavy atom. The molecule has 0 aromatic carbocycles. The van der Waals surface area contributed by atoms with Gasteiger partial charge in [-0.25, -0.2) is 0 Å². The predicted molar refractivity (Wildman–Crippen MR) is 80.7 cm³/mol. The Balaban J connectivity index is 1.88. The van der Waals surface area contributed by atoms with Crippen molar-refractivity contribution in [2.45, 2.75) is 56.3 Å². The summed E-state index contributed by atoms with van der Waals surface area (Å²) in [6.45, 7) is 0.599. The fourth-order valence-corrected chi connectivity index (χ4v) is 3.96. The molecule has 134 valence electrons. The van der Waals surface area contributed by atoms with Crippen molar-refractivity contribution < 1.29 is 31.6 Å². The molecule has 8 heteroatoms. The molecule has 3 unspecified atom stereocenters. The lowest BCUT2D eigenvalue weighted by Gasteiger charge is -2.46. The minimum absolute atomic E-state index is 0.0170. The summed E-state index contributed by atoms with van der Waals surface area (Å²) in [4.78, 5) is 0. The first-order chi connectivity index (χ1) is 10.6. The number of rotatable bonds is 7. The van der Waals surface area contributed by atoms with Crippen LogP contribution in [-0.4, -0.2) is 42.1 Å². The highest BCUT2D eigenvalue weighted by molar-refractivity contribution is 7.86. The fourth-order valence-electron chi connectivity index (χ4n) is 3.73. The maximum atomic E-state index is 13.0. The van der Waals surface area contributed by atoms with Gasteiger partial charge in [-0.05, 0) is 55.9 Å². The van der Waals surface area contributed by atoms with Gasteiger partial charge in [0.05, 0.1) is 5.60 Å². The third kappa shape index (κ3) is 3.92. The average Bonchev–Trinajstić information content (AvgIpc) is 2.43. The predicted octanol–water partition coefficient (Wildman–Crippen LogP) is 2.76. The smallest absolute Gasteiger partial charge is 0.385 e. The molecule has 0 heterocycles. The van der Waals surface area contributed by atoms with Crippen molar-refractivity contribution in [3.05, 3.63) is 11.6 Å². The van der Waals surface area contributed by atoms with Gasteiger partial charge in [-0.1, -0.05) is 13.0 Å². The maximum absolute atomic E-state index is 13.0.